The molecule has 0 radical (unpaired) electrons. The molecule has 1 spiro atoms. The van der Waals surface area contributed by atoms with Crippen molar-refractivity contribution in [1.82, 2.24) is 4.98 Å². The number of hydrogen-bond donors (Lipinski definition) is 0. The lowest BCUT2D eigenvalue weighted by atomic mass is 9.83. The van der Waals surface area contributed by atoms with Gasteiger partial charge in [0.1, 0.15) is 11.4 Å². The molecule has 5 aromatic rings. The lowest BCUT2D eigenvalue weighted by Gasteiger charge is -2.33. The number of fused-ring (bicyclic) bond motifs is 5. The number of aromatic nitrogens is 1. The summed E-state index contributed by atoms with van der Waals surface area (Å²) in [5.74, 6) is -0.829. The van der Waals surface area contributed by atoms with Crippen LogP contribution >= 0.6 is 0 Å². The first-order valence-corrected chi connectivity index (χ1v) is 13.1. The van der Waals surface area contributed by atoms with E-state index in [1.807, 2.05) is 81.4 Å². The summed E-state index contributed by atoms with van der Waals surface area (Å²) in [6.07, 6.45) is 1.60. The molecule has 0 aliphatic carbocycles. The van der Waals surface area contributed by atoms with Crippen LogP contribution in [0.15, 0.2) is 94.3 Å². The number of rotatable bonds is 3. The van der Waals surface area contributed by atoms with Gasteiger partial charge in [-0.2, -0.15) is 0 Å². The molecule has 0 saturated heterocycles. The van der Waals surface area contributed by atoms with E-state index in [4.69, 9.17) is 4.42 Å². The zero-order valence-electron chi connectivity index (χ0n) is 22.3. The molecule has 7 nitrogen and oxygen atoms in total. The van der Waals surface area contributed by atoms with Gasteiger partial charge in [-0.15, -0.1) is 0 Å². The van der Waals surface area contributed by atoms with E-state index >= 15 is 0 Å². The van der Waals surface area contributed by atoms with Gasteiger partial charge < -0.3 is 9.32 Å². The van der Waals surface area contributed by atoms with Gasteiger partial charge in [0, 0.05) is 11.8 Å². The van der Waals surface area contributed by atoms with Crippen LogP contribution in [0, 0.1) is 20.8 Å². The minimum Gasteiger partial charge on any atom is -0.450 e. The fourth-order valence-electron chi connectivity index (χ4n) is 6.03. The number of anilines is 2. The molecule has 2 amide bonds. The van der Waals surface area contributed by atoms with E-state index in [1.54, 1.807) is 29.3 Å². The molecule has 0 bridgehead atoms. The van der Waals surface area contributed by atoms with Crippen LogP contribution in [0.25, 0.3) is 11.0 Å². The lowest BCUT2D eigenvalue weighted by molar-refractivity contribution is -0.121. The summed E-state index contributed by atoms with van der Waals surface area (Å²) in [7, 11) is 0. The summed E-state index contributed by atoms with van der Waals surface area (Å²) in [5.41, 5.74) is 2.99. The fraction of sp³-hybridized carbons (Fsp3) is 0.152. The van der Waals surface area contributed by atoms with Crippen LogP contribution in [0.4, 0.5) is 11.5 Å². The Kier molecular flexibility index (Phi) is 5.09. The molecule has 7 heteroatoms. The topological polar surface area (TPSA) is 83.7 Å². The second kappa shape index (κ2) is 8.48. The van der Waals surface area contributed by atoms with Crippen LogP contribution in [0.5, 0.6) is 0 Å². The van der Waals surface area contributed by atoms with Gasteiger partial charge in [-0.3, -0.25) is 19.3 Å². The van der Waals surface area contributed by atoms with E-state index in [0.717, 1.165) is 22.3 Å². The Morgan fingerprint density at radius 1 is 0.850 bits per heavy atom. The highest BCUT2D eigenvalue weighted by molar-refractivity contribution is 6.24. The van der Waals surface area contributed by atoms with Gasteiger partial charge in [0.05, 0.1) is 23.2 Å². The Morgan fingerprint density at radius 3 is 2.35 bits per heavy atom. The minimum atomic E-state index is -1.77. The zero-order chi connectivity index (χ0) is 27.8. The highest BCUT2D eigenvalue weighted by atomic mass is 16.3. The zero-order valence-corrected chi connectivity index (χ0v) is 22.3. The molecule has 1 atom stereocenters. The van der Waals surface area contributed by atoms with Crippen molar-refractivity contribution < 1.29 is 14.0 Å². The largest absolute Gasteiger partial charge is 0.450 e. The van der Waals surface area contributed by atoms with Crippen LogP contribution in [0.3, 0.4) is 0 Å². The third-order valence-corrected chi connectivity index (χ3v) is 8.05. The molecule has 0 fully saturated rings. The lowest BCUT2D eigenvalue weighted by Crippen LogP contribution is -2.54. The van der Waals surface area contributed by atoms with E-state index in [2.05, 4.69) is 4.98 Å². The van der Waals surface area contributed by atoms with E-state index in [9.17, 15) is 14.4 Å². The van der Waals surface area contributed by atoms with Crippen LogP contribution in [0.1, 0.15) is 43.9 Å². The smallest absolute Gasteiger partial charge is 0.297 e. The molecule has 1 unspecified atom stereocenters. The van der Waals surface area contributed by atoms with Crippen molar-refractivity contribution in [2.75, 3.05) is 9.80 Å². The summed E-state index contributed by atoms with van der Waals surface area (Å²) in [6, 6.07) is 24.1. The van der Waals surface area contributed by atoms with E-state index < -0.39 is 22.8 Å². The molecule has 2 aromatic heterocycles. The quantitative estimate of drug-likeness (QED) is 0.307. The van der Waals surface area contributed by atoms with Crippen LogP contribution in [0.2, 0.25) is 0 Å². The third kappa shape index (κ3) is 3.12. The molecule has 2 aliphatic heterocycles. The number of para-hydroxylation sites is 1. The van der Waals surface area contributed by atoms with Crippen molar-refractivity contribution in [3.8, 4) is 0 Å². The number of nitrogens with zero attached hydrogens (tertiary/aromatic N) is 3. The van der Waals surface area contributed by atoms with Crippen molar-refractivity contribution in [1.29, 1.82) is 0 Å². The number of carbonyl (C=O) groups excluding carboxylic acids is 2. The summed E-state index contributed by atoms with van der Waals surface area (Å²) in [6.45, 7) is 6.00. The standard InChI is InChI=1S/C33H25N3O4/c1-19-13-14-34-27(15-19)36-31(38)30-28(29(37)23-16-20(2)21(3)17-26(23)40-30)33(36)24-11-7-8-12-25(24)35(32(33)39)18-22-9-5-4-6-10-22/h4-17H,18H2,1-3H3. The normalized spacial score (nSPS) is 17.7. The maximum atomic E-state index is 14.9. The number of hydrogen-bond acceptors (Lipinski definition) is 5. The summed E-state index contributed by atoms with van der Waals surface area (Å²) in [5, 5.41) is 0.333. The molecule has 0 saturated carbocycles. The van der Waals surface area contributed by atoms with Gasteiger partial charge in [-0.25, -0.2) is 4.98 Å². The summed E-state index contributed by atoms with van der Waals surface area (Å²) < 4.78 is 6.23. The first-order valence-electron chi connectivity index (χ1n) is 13.1. The van der Waals surface area contributed by atoms with Crippen LogP contribution < -0.4 is 15.2 Å². The van der Waals surface area contributed by atoms with Gasteiger partial charge in [-0.05, 0) is 73.4 Å². The molecular weight excluding hydrogens is 502 g/mol. The Labute approximate surface area is 230 Å². The Morgan fingerprint density at radius 2 is 1.57 bits per heavy atom. The average Bonchev–Trinajstić information content (AvgIpc) is 3.35. The van der Waals surface area contributed by atoms with Crippen molar-refractivity contribution >= 4 is 34.3 Å². The van der Waals surface area contributed by atoms with E-state index in [-0.39, 0.29) is 23.7 Å². The molecule has 0 N–H and O–H groups in total. The van der Waals surface area contributed by atoms with Gasteiger partial charge in [-0.1, -0.05) is 48.5 Å². The van der Waals surface area contributed by atoms with Crippen molar-refractivity contribution in [3.05, 3.63) is 134 Å². The first kappa shape index (κ1) is 24.0. The molecule has 3 aromatic carbocycles. The van der Waals surface area contributed by atoms with Gasteiger partial charge in [0.15, 0.2) is 11.0 Å². The van der Waals surface area contributed by atoms with Crippen LogP contribution in [-0.2, 0) is 16.9 Å². The third-order valence-electron chi connectivity index (χ3n) is 8.05. The molecule has 4 heterocycles. The van der Waals surface area contributed by atoms with Gasteiger partial charge in [0.25, 0.3) is 11.8 Å². The number of pyridine rings is 1. The molecule has 40 heavy (non-hydrogen) atoms. The molecular formula is C33H25N3O4. The SMILES string of the molecule is Cc1ccnc(N2C(=O)c3oc4cc(C)c(C)cc4c(=O)c3C23C(=O)N(Cc2ccccc2)c2ccccc23)c1. The van der Waals surface area contributed by atoms with Gasteiger partial charge >= 0.3 is 0 Å². The van der Waals surface area contributed by atoms with Crippen molar-refractivity contribution in [2.45, 2.75) is 32.9 Å². The molecule has 2 aliphatic rings. The second-order valence-corrected chi connectivity index (χ2v) is 10.5. The maximum absolute atomic E-state index is 14.9. The second-order valence-electron chi connectivity index (χ2n) is 10.5. The maximum Gasteiger partial charge on any atom is 0.297 e. The summed E-state index contributed by atoms with van der Waals surface area (Å²) in [4.78, 5) is 51.2. The van der Waals surface area contributed by atoms with Gasteiger partial charge in [0.2, 0.25) is 5.76 Å². The van der Waals surface area contributed by atoms with Crippen molar-refractivity contribution in [3.63, 3.8) is 0 Å². The fourth-order valence-corrected chi connectivity index (χ4v) is 6.03. The molecule has 196 valence electrons. The highest BCUT2D eigenvalue weighted by Crippen LogP contribution is 2.54. The average molecular weight is 528 g/mol. The Hall–Kier alpha value is -5.04. The predicted octanol–water partition coefficient (Wildman–Crippen LogP) is 5.56. The summed E-state index contributed by atoms with van der Waals surface area (Å²) >= 11 is 0. The van der Waals surface area contributed by atoms with E-state index in [0.29, 0.717) is 22.2 Å². The number of benzene rings is 3. The first-order chi connectivity index (χ1) is 19.3. The Balaban J connectivity index is 1.59. The Bertz CT molecular complexity index is 1950. The number of amides is 2. The minimum absolute atomic E-state index is 0.0320. The highest BCUT2D eigenvalue weighted by Gasteiger charge is 2.66. The number of aryl methyl sites for hydroxylation is 3. The van der Waals surface area contributed by atoms with Crippen molar-refractivity contribution in [2.24, 2.45) is 0 Å². The van der Waals surface area contributed by atoms with Crippen LogP contribution in [-0.4, -0.2) is 16.8 Å². The number of carbonyl (C=O) groups is 2. The van der Waals surface area contributed by atoms with E-state index in [1.165, 1.54) is 4.90 Å². The monoisotopic (exact) mass is 527 g/mol. The molecule has 7 rings (SSSR count). The predicted molar refractivity (Wildman–Crippen MR) is 153 cm³/mol.